The second-order valence-electron chi connectivity index (χ2n) is 6.20. The van der Waals surface area contributed by atoms with Crippen molar-refractivity contribution in [2.24, 2.45) is 5.41 Å². The van der Waals surface area contributed by atoms with Gasteiger partial charge in [0.2, 0.25) is 5.91 Å². The van der Waals surface area contributed by atoms with E-state index in [2.05, 4.69) is 10.4 Å². The van der Waals surface area contributed by atoms with Gasteiger partial charge in [-0.1, -0.05) is 12.1 Å². The smallest absolute Gasteiger partial charge is 0.309 e. The molecule has 1 aromatic carbocycles. The molecule has 1 aromatic heterocycles. The zero-order chi connectivity index (χ0) is 17.0. The van der Waals surface area contributed by atoms with Gasteiger partial charge in [-0.05, 0) is 44.5 Å². The van der Waals surface area contributed by atoms with Crippen molar-refractivity contribution in [3.8, 4) is 5.69 Å². The Labute approximate surface area is 135 Å². The Morgan fingerprint density at radius 3 is 2.48 bits per heavy atom. The number of hydrogen-bond acceptors (Lipinski definition) is 3. The van der Waals surface area contributed by atoms with Crippen molar-refractivity contribution in [1.29, 1.82) is 0 Å². The van der Waals surface area contributed by atoms with Gasteiger partial charge in [-0.3, -0.25) is 9.59 Å². The normalized spacial score (nSPS) is 12.7. The second-order valence-corrected chi connectivity index (χ2v) is 6.20. The van der Waals surface area contributed by atoms with Crippen LogP contribution in [0, 0.1) is 5.41 Å². The van der Waals surface area contributed by atoms with E-state index in [-0.39, 0.29) is 18.4 Å². The molecule has 2 rings (SSSR count). The van der Waals surface area contributed by atoms with Crippen LogP contribution in [0.25, 0.3) is 5.69 Å². The minimum atomic E-state index is -1.08. The molecule has 2 aromatic rings. The standard InChI is InChI=1S/C17H21N3O3/c1-12(19-15(21)11-17(2,3)16(22)23)13-5-7-14(8-6-13)20-10-4-9-18-20/h4-10,12H,11H2,1-3H3,(H,19,21)(H,22,23). The molecule has 0 spiro atoms. The minimum absolute atomic E-state index is 0.0575. The maximum Gasteiger partial charge on any atom is 0.309 e. The molecule has 0 radical (unpaired) electrons. The molecule has 0 saturated heterocycles. The summed E-state index contributed by atoms with van der Waals surface area (Å²) >= 11 is 0. The van der Waals surface area contributed by atoms with E-state index in [0.717, 1.165) is 11.3 Å². The molecule has 6 nitrogen and oxygen atoms in total. The molecule has 1 atom stereocenters. The van der Waals surface area contributed by atoms with Crippen molar-refractivity contribution in [3.63, 3.8) is 0 Å². The Bertz CT molecular complexity index is 676. The lowest BCUT2D eigenvalue weighted by Gasteiger charge is -2.21. The first-order chi connectivity index (χ1) is 10.8. The SMILES string of the molecule is CC(NC(=O)CC(C)(C)C(=O)O)c1ccc(-n2cccn2)cc1. The second kappa shape index (κ2) is 6.64. The van der Waals surface area contributed by atoms with Gasteiger partial charge in [0.15, 0.2) is 0 Å². The van der Waals surface area contributed by atoms with Gasteiger partial charge in [0.25, 0.3) is 0 Å². The topological polar surface area (TPSA) is 84.2 Å². The predicted octanol–water partition coefficient (Wildman–Crippen LogP) is 2.55. The summed E-state index contributed by atoms with van der Waals surface area (Å²) in [5, 5.41) is 16.1. The number of nitrogens with one attached hydrogen (secondary N) is 1. The Kier molecular flexibility index (Phi) is 4.83. The molecule has 122 valence electrons. The summed E-state index contributed by atoms with van der Waals surface area (Å²) in [6.07, 6.45) is 3.51. The Hall–Kier alpha value is -2.63. The molecule has 0 bridgehead atoms. The third kappa shape index (κ3) is 4.18. The number of carboxylic acids is 1. The van der Waals surface area contributed by atoms with Crippen molar-refractivity contribution >= 4 is 11.9 Å². The van der Waals surface area contributed by atoms with Crippen molar-refractivity contribution < 1.29 is 14.7 Å². The van der Waals surface area contributed by atoms with Gasteiger partial charge in [-0.25, -0.2) is 4.68 Å². The van der Waals surface area contributed by atoms with Crippen LogP contribution in [0.4, 0.5) is 0 Å². The maximum absolute atomic E-state index is 12.0. The quantitative estimate of drug-likeness (QED) is 0.858. The van der Waals surface area contributed by atoms with Gasteiger partial charge in [-0.2, -0.15) is 5.10 Å². The van der Waals surface area contributed by atoms with E-state index >= 15 is 0 Å². The van der Waals surface area contributed by atoms with Gasteiger partial charge >= 0.3 is 5.97 Å². The highest BCUT2D eigenvalue weighted by Crippen LogP contribution is 2.21. The van der Waals surface area contributed by atoms with Gasteiger partial charge in [-0.15, -0.1) is 0 Å². The van der Waals surface area contributed by atoms with Crippen LogP contribution in [0.15, 0.2) is 42.7 Å². The molecule has 0 aliphatic rings. The number of hydrogen-bond donors (Lipinski definition) is 2. The van der Waals surface area contributed by atoms with Crippen molar-refractivity contribution in [3.05, 3.63) is 48.3 Å². The summed E-state index contributed by atoms with van der Waals surface area (Å²) in [5.41, 5.74) is 0.806. The number of carbonyl (C=O) groups is 2. The van der Waals surface area contributed by atoms with Crippen LogP contribution in [0.1, 0.15) is 38.8 Å². The molecule has 2 N–H and O–H groups in total. The Morgan fingerprint density at radius 2 is 1.96 bits per heavy atom. The van der Waals surface area contributed by atoms with E-state index in [4.69, 9.17) is 5.11 Å². The summed E-state index contributed by atoms with van der Waals surface area (Å²) < 4.78 is 1.75. The molecular formula is C17H21N3O3. The van der Waals surface area contributed by atoms with Crippen molar-refractivity contribution in [1.82, 2.24) is 15.1 Å². The fourth-order valence-corrected chi connectivity index (χ4v) is 2.19. The fourth-order valence-electron chi connectivity index (χ4n) is 2.19. The molecule has 23 heavy (non-hydrogen) atoms. The van der Waals surface area contributed by atoms with Crippen LogP contribution in [0.3, 0.4) is 0 Å². The summed E-state index contributed by atoms with van der Waals surface area (Å²) in [6, 6.07) is 9.34. The average Bonchev–Trinajstić information content (AvgIpc) is 3.00. The van der Waals surface area contributed by atoms with Crippen LogP contribution in [-0.4, -0.2) is 26.8 Å². The third-order valence-electron chi connectivity index (χ3n) is 3.72. The molecule has 0 aliphatic carbocycles. The molecule has 1 heterocycles. The fraction of sp³-hybridized carbons (Fsp3) is 0.353. The summed E-state index contributed by atoms with van der Waals surface area (Å²) in [5.74, 6) is -1.26. The highest BCUT2D eigenvalue weighted by molar-refractivity contribution is 5.84. The van der Waals surface area contributed by atoms with Gasteiger partial charge in [0.1, 0.15) is 0 Å². The van der Waals surface area contributed by atoms with E-state index < -0.39 is 11.4 Å². The van der Waals surface area contributed by atoms with Gasteiger partial charge in [0.05, 0.1) is 17.1 Å². The highest BCUT2D eigenvalue weighted by Gasteiger charge is 2.30. The number of aromatic nitrogens is 2. The lowest BCUT2D eigenvalue weighted by Crippen LogP contribution is -2.34. The summed E-state index contributed by atoms with van der Waals surface area (Å²) in [4.78, 5) is 23.1. The number of benzene rings is 1. The third-order valence-corrected chi connectivity index (χ3v) is 3.72. The molecule has 0 saturated carbocycles. The molecule has 0 aliphatic heterocycles. The zero-order valence-electron chi connectivity index (χ0n) is 13.5. The Balaban J connectivity index is 1.99. The van der Waals surface area contributed by atoms with Crippen LogP contribution in [0.2, 0.25) is 0 Å². The van der Waals surface area contributed by atoms with E-state index in [9.17, 15) is 9.59 Å². The molecular weight excluding hydrogens is 294 g/mol. The minimum Gasteiger partial charge on any atom is -0.481 e. The predicted molar refractivity (Wildman–Crippen MR) is 86.2 cm³/mol. The van der Waals surface area contributed by atoms with Crippen LogP contribution < -0.4 is 5.32 Å². The number of carbonyl (C=O) groups excluding carboxylic acids is 1. The number of nitrogens with zero attached hydrogens (tertiary/aromatic N) is 2. The van der Waals surface area contributed by atoms with Crippen LogP contribution in [-0.2, 0) is 9.59 Å². The Morgan fingerprint density at radius 1 is 1.30 bits per heavy atom. The first-order valence-electron chi connectivity index (χ1n) is 7.42. The van der Waals surface area contributed by atoms with Gasteiger partial charge in [0, 0.05) is 18.8 Å². The molecule has 1 amide bonds. The largest absolute Gasteiger partial charge is 0.481 e. The van der Waals surface area contributed by atoms with E-state index in [0.29, 0.717) is 0 Å². The highest BCUT2D eigenvalue weighted by atomic mass is 16.4. The van der Waals surface area contributed by atoms with Gasteiger partial charge < -0.3 is 10.4 Å². The summed E-state index contributed by atoms with van der Waals surface area (Å²) in [6.45, 7) is 4.95. The van der Waals surface area contributed by atoms with Crippen molar-refractivity contribution in [2.75, 3.05) is 0 Å². The number of amides is 1. The molecule has 0 fully saturated rings. The van der Waals surface area contributed by atoms with E-state index in [1.54, 1.807) is 24.7 Å². The van der Waals surface area contributed by atoms with E-state index in [1.165, 1.54) is 0 Å². The van der Waals surface area contributed by atoms with Crippen molar-refractivity contribution in [2.45, 2.75) is 33.2 Å². The zero-order valence-corrected chi connectivity index (χ0v) is 13.5. The number of aliphatic carboxylic acids is 1. The maximum atomic E-state index is 12.0. The summed E-state index contributed by atoms with van der Waals surface area (Å²) in [7, 11) is 0. The first-order valence-corrected chi connectivity index (χ1v) is 7.42. The monoisotopic (exact) mass is 315 g/mol. The lowest BCUT2D eigenvalue weighted by molar-refractivity contribution is -0.149. The number of rotatable bonds is 6. The lowest BCUT2D eigenvalue weighted by atomic mass is 9.89. The van der Waals surface area contributed by atoms with Crippen LogP contribution >= 0.6 is 0 Å². The first kappa shape index (κ1) is 16.7. The molecule has 6 heteroatoms. The van der Waals surface area contributed by atoms with Crippen LogP contribution in [0.5, 0.6) is 0 Å². The number of carboxylic acid groups (broad SMARTS) is 1. The molecule has 1 unspecified atom stereocenters. The van der Waals surface area contributed by atoms with E-state index in [1.807, 2.05) is 43.5 Å². The average molecular weight is 315 g/mol.